The summed E-state index contributed by atoms with van der Waals surface area (Å²) < 4.78 is 0. The molecule has 2 heterocycles. The van der Waals surface area contributed by atoms with Crippen LogP contribution in [0.5, 0.6) is 0 Å². The molecule has 110 valence electrons. The van der Waals surface area contributed by atoms with Gasteiger partial charge in [-0.2, -0.15) is 0 Å². The summed E-state index contributed by atoms with van der Waals surface area (Å²) in [6.07, 6.45) is 1.17. The third-order valence-electron chi connectivity index (χ3n) is 3.49. The van der Waals surface area contributed by atoms with Gasteiger partial charge in [0.1, 0.15) is 5.15 Å². The predicted octanol–water partition coefficient (Wildman–Crippen LogP) is 2.63. The maximum atomic E-state index is 12.5. The lowest BCUT2D eigenvalue weighted by molar-refractivity contribution is 0.0473. The molecular weight excluding hydrogens is 276 g/mol. The van der Waals surface area contributed by atoms with Gasteiger partial charge in [0.05, 0.1) is 6.10 Å². The third kappa shape index (κ3) is 3.49. The lowest BCUT2D eigenvalue weighted by Gasteiger charge is -2.30. The Bertz CT molecular complexity index is 511. The van der Waals surface area contributed by atoms with Crippen molar-refractivity contribution >= 4 is 17.5 Å². The van der Waals surface area contributed by atoms with Crippen molar-refractivity contribution in [1.82, 2.24) is 9.88 Å². The van der Waals surface area contributed by atoms with E-state index in [0.717, 1.165) is 18.5 Å². The van der Waals surface area contributed by atoms with Gasteiger partial charge in [-0.15, -0.1) is 0 Å². The number of piperidine rings is 1. The number of rotatable bonds is 1. The molecule has 0 aliphatic carbocycles. The number of likely N-dealkylation sites (tertiary alicyclic amines) is 1. The minimum absolute atomic E-state index is 0.0847. The average molecular weight is 297 g/mol. The summed E-state index contributed by atoms with van der Waals surface area (Å²) in [6.45, 7) is 7.17. The molecule has 0 aromatic carbocycles. The van der Waals surface area contributed by atoms with Gasteiger partial charge in [-0.05, 0) is 25.0 Å². The zero-order chi connectivity index (χ0) is 14.9. The van der Waals surface area contributed by atoms with Crippen molar-refractivity contribution < 1.29 is 9.90 Å². The highest BCUT2D eigenvalue weighted by molar-refractivity contribution is 6.29. The minimum Gasteiger partial charge on any atom is -0.391 e. The monoisotopic (exact) mass is 296 g/mol. The molecule has 1 N–H and O–H groups in total. The topological polar surface area (TPSA) is 53.4 Å². The first-order valence-electron chi connectivity index (χ1n) is 6.93. The summed E-state index contributed by atoms with van der Waals surface area (Å²) in [5, 5.41) is 10.0. The van der Waals surface area contributed by atoms with Crippen LogP contribution < -0.4 is 0 Å². The van der Waals surface area contributed by atoms with E-state index >= 15 is 0 Å². The highest BCUT2D eigenvalue weighted by Crippen LogP contribution is 2.24. The van der Waals surface area contributed by atoms with E-state index in [1.54, 1.807) is 17.0 Å². The van der Waals surface area contributed by atoms with Gasteiger partial charge in [0, 0.05) is 29.8 Å². The molecule has 1 amide bonds. The number of carbonyl (C=O) groups excluding carboxylic acids is 1. The van der Waals surface area contributed by atoms with Gasteiger partial charge in [-0.1, -0.05) is 32.4 Å². The van der Waals surface area contributed by atoms with Crippen molar-refractivity contribution in [2.45, 2.75) is 45.1 Å². The molecule has 1 aromatic heterocycles. The highest BCUT2D eigenvalue weighted by atomic mass is 35.5. The molecule has 0 unspecified atom stereocenters. The van der Waals surface area contributed by atoms with Gasteiger partial charge < -0.3 is 10.0 Å². The number of halogens is 1. The molecule has 20 heavy (non-hydrogen) atoms. The van der Waals surface area contributed by atoms with E-state index in [9.17, 15) is 9.90 Å². The first-order chi connectivity index (χ1) is 9.27. The van der Waals surface area contributed by atoms with Crippen molar-refractivity contribution in [3.63, 3.8) is 0 Å². The molecule has 1 aliphatic heterocycles. The van der Waals surface area contributed by atoms with Crippen LogP contribution in [0.25, 0.3) is 0 Å². The lowest BCUT2D eigenvalue weighted by Crippen LogP contribution is -2.42. The average Bonchev–Trinajstić information content (AvgIpc) is 2.36. The molecule has 1 saturated heterocycles. The number of aliphatic hydroxyl groups is 1. The van der Waals surface area contributed by atoms with Crippen LogP contribution in [0, 0.1) is 0 Å². The lowest BCUT2D eigenvalue weighted by atomic mass is 9.90. The maximum absolute atomic E-state index is 12.5. The first kappa shape index (κ1) is 15.3. The maximum Gasteiger partial charge on any atom is 0.254 e. The first-order valence-corrected chi connectivity index (χ1v) is 7.30. The Kier molecular flexibility index (Phi) is 4.35. The number of aromatic nitrogens is 1. The number of hydrogen-bond acceptors (Lipinski definition) is 3. The van der Waals surface area contributed by atoms with Gasteiger partial charge >= 0.3 is 0 Å². The Balaban J connectivity index is 2.28. The normalized spacial score (nSPS) is 20.1. The molecule has 5 heteroatoms. The number of amides is 1. The van der Waals surface area contributed by atoms with Crippen LogP contribution in [0.3, 0.4) is 0 Å². The summed E-state index contributed by atoms with van der Waals surface area (Å²) in [6, 6.07) is 3.40. The van der Waals surface area contributed by atoms with E-state index in [1.807, 2.05) is 20.8 Å². The van der Waals surface area contributed by atoms with Crippen LogP contribution in [0.15, 0.2) is 12.1 Å². The molecule has 0 radical (unpaired) electrons. The van der Waals surface area contributed by atoms with Crippen LogP contribution in [0.1, 0.15) is 49.7 Å². The van der Waals surface area contributed by atoms with E-state index in [4.69, 9.17) is 11.6 Å². The van der Waals surface area contributed by atoms with E-state index in [-0.39, 0.29) is 11.3 Å². The number of β-amino-alcohol motifs (C(OH)–C–C–N with tert-alkyl or cyclic N) is 1. The van der Waals surface area contributed by atoms with E-state index in [1.165, 1.54) is 0 Å². The van der Waals surface area contributed by atoms with Gasteiger partial charge in [0.25, 0.3) is 5.91 Å². The highest BCUT2D eigenvalue weighted by Gasteiger charge is 2.25. The molecule has 1 fully saturated rings. The van der Waals surface area contributed by atoms with Crippen molar-refractivity contribution in [1.29, 1.82) is 0 Å². The second-order valence-electron chi connectivity index (χ2n) is 6.36. The Hall–Kier alpha value is -1.13. The van der Waals surface area contributed by atoms with E-state index in [0.29, 0.717) is 23.8 Å². The second-order valence-corrected chi connectivity index (χ2v) is 6.75. The quantitative estimate of drug-likeness (QED) is 0.811. The summed E-state index contributed by atoms with van der Waals surface area (Å²) >= 11 is 6.04. The van der Waals surface area contributed by atoms with Crippen LogP contribution in [-0.2, 0) is 5.41 Å². The largest absolute Gasteiger partial charge is 0.391 e. The van der Waals surface area contributed by atoms with Gasteiger partial charge in [-0.25, -0.2) is 4.98 Å². The molecule has 1 atom stereocenters. The Morgan fingerprint density at radius 2 is 2.15 bits per heavy atom. The molecule has 1 aromatic rings. The number of carbonyl (C=O) groups is 1. The molecule has 0 saturated carbocycles. The van der Waals surface area contributed by atoms with Crippen LogP contribution >= 0.6 is 11.6 Å². The second kappa shape index (κ2) is 5.70. The fourth-order valence-corrected chi connectivity index (χ4v) is 2.53. The van der Waals surface area contributed by atoms with Gasteiger partial charge in [0.2, 0.25) is 0 Å². The molecule has 4 nitrogen and oxygen atoms in total. The summed E-state index contributed by atoms with van der Waals surface area (Å²) in [5.74, 6) is -0.0847. The Labute approximate surface area is 124 Å². The predicted molar refractivity (Wildman–Crippen MR) is 79.1 cm³/mol. The van der Waals surface area contributed by atoms with Crippen LogP contribution in [0.4, 0.5) is 0 Å². The number of aliphatic hydroxyl groups excluding tert-OH is 1. The van der Waals surface area contributed by atoms with Gasteiger partial charge in [0.15, 0.2) is 0 Å². The van der Waals surface area contributed by atoms with Crippen LogP contribution in [-0.4, -0.2) is 40.1 Å². The SMILES string of the molecule is CC(C)(C)c1cc(C(=O)N2CCC[C@H](O)C2)cc(Cl)n1. The van der Waals surface area contributed by atoms with Crippen LogP contribution in [0.2, 0.25) is 5.15 Å². The number of nitrogens with zero attached hydrogens (tertiary/aromatic N) is 2. The Morgan fingerprint density at radius 1 is 1.45 bits per heavy atom. The molecular formula is C15H21ClN2O2. The summed E-state index contributed by atoms with van der Waals surface area (Å²) in [4.78, 5) is 18.5. The standard InChI is InChI=1S/C15H21ClN2O2/c1-15(2,3)12-7-10(8-13(16)17-12)14(20)18-6-4-5-11(19)9-18/h7-8,11,19H,4-6,9H2,1-3H3/t11-/m0/s1. The number of hydrogen-bond donors (Lipinski definition) is 1. The molecule has 2 rings (SSSR count). The fourth-order valence-electron chi connectivity index (χ4n) is 2.33. The molecule has 0 spiro atoms. The van der Waals surface area contributed by atoms with E-state index in [2.05, 4.69) is 4.98 Å². The Morgan fingerprint density at radius 3 is 2.75 bits per heavy atom. The zero-order valence-electron chi connectivity index (χ0n) is 12.2. The smallest absolute Gasteiger partial charge is 0.254 e. The van der Waals surface area contributed by atoms with Gasteiger partial charge in [-0.3, -0.25) is 4.79 Å². The zero-order valence-corrected chi connectivity index (χ0v) is 12.9. The van der Waals surface area contributed by atoms with Crippen molar-refractivity contribution in [3.8, 4) is 0 Å². The number of pyridine rings is 1. The minimum atomic E-state index is -0.424. The summed E-state index contributed by atoms with van der Waals surface area (Å²) in [7, 11) is 0. The fraction of sp³-hybridized carbons (Fsp3) is 0.600. The van der Waals surface area contributed by atoms with E-state index < -0.39 is 6.10 Å². The molecule has 1 aliphatic rings. The van der Waals surface area contributed by atoms with Crippen molar-refractivity contribution in [3.05, 3.63) is 28.5 Å². The third-order valence-corrected chi connectivity index (χ3v) is 3.69. The van der Waals surface area contributed by atoms with Crippen molar-refractivity contribution in [2.75, 3.05) is 13.1 Å². The summed E-state index contributed by atoms with van der Waals surface area (Å²) in [5.41, 5.74) is 1.18. The van der Waals surface area contributed by atoms with Crippen molar-refractivity contribution in [2.24, 2.45) is 0 Å². The molecule has 0 bridgehead atoms.